The number of aromatic nitrogens is 3. The minimum Gasteiger partial charge on any atom is -0.481 e. The Morgan fingerprint density at radius 1 is 1.23 bits per heavy atom. The monoisotopic (exact) mass is 358 g/mol. The van der Waals surface area contributed by atoms with Crippen molar-refractivity contribution >= 4 is 17.5 Å². The van der Waals surface area contributed by atoms with E-state index in [1.807, 2.05) is 6.07 Å². The summed E-state index contributed by atoms with van der Waals surface area (Å²) in [6.45, 7) is 4.06. The molecule has 2 N–H and O–H groups in total. The zero-order chi connectivity index (χ0) is 18.2. The number of hydrogen-bond acceptors (Lipinski definition) is 8. The van der Waals surface area contributed by atoms with Crippen LogP contribution in [0.5, 0.6) is 5.88 Å². The molecular weight excluding hydrogens is 336 g/mol. The van der Waals surface area contributed by atoms with Gasteiger partial charge in [0.2, 0.25) is 5.88 Å². The summed E-state index contributed by atoms with van der Waals surface area (Å²) >= 11 is 0. The molecule has 0 radical (unpaired) electrons. The fraction of sp³-hybridized carbons (Fsp3) is 0.412. The third-order valence-corrected chi connectivity index (χ3v) is 3.91. The number of rotatable bonds is 7. The predicted molar refractivity (Wildman–Crippen MR) is 96.7 cm³/mol. The molecule has 9 nitrogen and oxygen atoms in total. The average molecular weight is 358 g/mol. The summed E-state index contributed by atoms with van der Waals surface area (Å²) in [5.74, 6) is 1.83. The number of nitrogens with one attached hydrogen (secondary N) is 2. The van der Waals surface area contributed by atoms with Crippen molar-refractivity contribution in [3.63, 3.8) is 0 Å². The maximum Gasteiger partial charge on any atom is 0.251 e. The standard InChI is InChI=1S/C17H22N6O3/c1-25-16-10-13(2-3-19-16)17(24)20-5-4-18-14-11-15(22-12-21-14)23-6-8-26-9-7-23/h2-3,10-12H,4-9H2,1H3,(H,20,24)(H,18,21,22). The van der Waals surface area contributed by atoms with Gasteiger partial charge < -0.3 is 25.0 Å². The highest BCUT2D eigenvalue weighted by molar-refractivity contribution is 5.94. The number of morpholine rings is 1. The SMILES string of the molecule is COc1cc(C(=O)NCCNc2cc(N3CCOCC3)ncn2)ccn1. The average Bonchev–Trinajstić information content (AvgIpc) is 2.72. The highest BCUT2D eigenvalue weighted by Crippen LogP contribution is 2.15. The van der Waals surface area contributed by atoms with Crippen LogP contribution in [0, 0.1) is 0 Å². The Bertz CT molecular complexity index is 736. The van der Waals surface area contributed by atoms with Gasteiger partial charge in [0, 0.05) is 50.1 Å². The number of nitrogens with zero attached hydrogens (tertiary/aromatic N) is 4. The molecule has 1 amide bonds. The van der Waals surface area contributed by atoms with Crippen LogP contribution < -0.4 is 20.3 Å². The van der Waals surface area contributed by atoms with E-state index in [-0.39, 0.29) is 5.91 Å². The van der Waals surface area contributed by atoms with E-state index in [9.17, 15) is 4.79 Å². The predicted octanol–water partition coefficient (Wildman–Crippen LogP) is 0.559. The summed E-state index contributed by atoms with van der Waals surface area (Å²) in [6.07, 6.45) is 3.08. The van der Waals surface area contributed by atoms with Gasteiger partial charge in [-0.25, -0.2) is 15.0 Å². The van der Waals surface area contributed by atoms with Crippen LogP contribution in [-0.2, 0) is 4.74 Å². The quantitative estimate of drug-likeness (QED) is 0.693. The van der Waals surface area contributed by atoms with Gasteiger partial charge in [-0.2, -0.15) is 0 Å². The summed E-state index contributed by atoms with van der Waals surface area (Å²) in [6, 6.07) is 5.15. The first-order chi connectivity index (χ1) is 12.8. The fourth-order valence-electron chi connectivity index (χ4n) is 2.54. The number of carbonyl (C=O) groups excluding carboxylic acids is 1. The first-order valence-corrected chi connectivity index (χ1v) is 8.43. The van der Waals surface area contributed by atoms with Gasteiger partial charge in [0.25, 0.3) is 5.91 Å². The first-order valence-electron chi connectivity index (χ1n) is 8.43. The van der Waals surface area contributed by atoms with E-state index in [4.69, 9.17) is 9.47 Å². The Morgan fingerprint density at radius 2 is 2.08 bits per heavy atom. The van der Waals surface area contributed by atoms with Crippen LogP contribution in [0.15, 0.2) is 30.7 Å². The molecule has 3 heterocycles. The Hall–Kier alpha value is -2.94. The largest absolute Gasteiger partial charge is 0.481 e. The smallest absolute Gasteiger partial charge is 0.251 e. The van der Waals surface area contributed by atoms with Crippen molar-refractivity contribution in [2.24, 2.45) is 0 Å². The lowest BCUT2D eigenvalue weighted by atomic mass is 10.2. The minimum absolute atomic E-state index is 0.177. The molecule has 2 aromatic rings. The Balaban J connectivity index is 1.46. The molecular formula is C17H22N6O3. The fourth-order valence-corrected chi connectivity index (χ4v) is 2.54. The van der Waals surface area contributed by atoms with Gasteiger partial charge in [0.15, 0.2) is 0 Å². The lowest BCUT2D eigenvalue weighted by molar-refractivity contribution is 0.0954. The third-order valence-electron chi connectivity index (χ3n) is 3.91. The van der Waals surface area contributed by atoms with Gasteiger partial charge in [-0.3, -0.25) is 4.79 Å². The van der Waals surface area contributed by atoms with Gasteiger partial charge in [-0.15, -0.1) is 0 Å². The molecule has 3 rings (SSSR count). The minimum atomic E-state index is -0.177. The number of amides is 1. The molecule has 9 heteroatoms. The van der Waals surface area contributed by atoms with Crippen molar-refractivity contribution in [2.75, 3.05) is 56.7 Å². The summed E-state index contributed by atoms with van der Waals surface area (Å²) in [5, 5.41) is 6.04. The van der Waals surface area contributed by atoms with Crippen molar-refractivity contribution in [1.82, 2.24) is 20.3 Å². The zero-order valence-electron chi connectivity index (χ0n) is 14.6. The number of anilines is 2. The number of ether oxygens (including phenoxy) is 2. The number of pyridine rings is 1. The molecule has 26 heavy (non-hydrogen) atoms. The van der Waals surface area contributed by atoms with Gasteiger partial charge in [-0.1, -0.05) is 0 Å². The van der Waals surface area contributed by atoms with E-state index < -0.39 is 0 Å². The van der Waals surface area contributed by atoms with E-state index in [1.165, 1.54) is 13.4 Å². The maximum absolute atomic E-state index is 12.1. The van der Waals surface area contributed by atoms with Crippen LogP contribution in [0.25, 0.3) is 0 Å². The summed E-state index contributed by atoms with van der Waals surface area (Å²) in [7, 11) is 1.51. The van der Waals surface area contributed by atoms with Crippen LogP contribution in [-0.4, -0.2) is 67.4 Å². The third kappa shape index (κ3) is 4.79. The lowest BCUT2D eigenvalue weighted by Gasteiger charge is -2.27. The molecule has 0 bridgehead atoms. The van der Waals surface area contributed by atoms with Crippen LogP contribution >= 0.6 is 0 Å². The molecule has 0 aromatic carbocycles. The number of methoxy groups -OCH3 is 1. The molecule has 0 atom stereocenters. The highest BCUT2D eigenvalue weighted by atomic mass is 16.5. The van der Waals surface area contributed by atoms with Gasteiger partial charge in [-0.05, 0) is 6.07 Å². The molecule has 1 saturated heterocycles. The van der Waals surface area contributed by atoms with Gasteiger partial charge >= 0.3 is 0 Å². The Morgan fingerprint density at radius 3 is 2.88 bits per heavy atom. The zero-order valence-corrected chi connectivity index (χ0v) is 14.6. The van der Waals surface area contributed by atoms with Crippen molar-refractivity contribution in [3.05, 3.63) is 36.3 Å². The normalized spacial score (nSPS) is 14.0. The number of carbonyl (C=O) groups is 1. The van der Waals surface area contributed by atoms with Crippen molar-refractivity contribution < 1.29 is 14.3 Å². The van der Waals surface area contributed by atoms with Crippen LogP contribution in [0.4, 0.5) is 11.6 Å². The lowest BCUT2D eigenvalue weighted by Crippen LogP contribution is -2.36. The van der Waals surface area contributed by atoms with Crippen LogP contribution in [0.1, 0.15) is 10.4 Å². The highest BCUT2D eigenvalue weighted by Gasteiger charge is 2.13. The summed E-state index contributed by atoms with van der Waals surface area (Å²) < 4.78 is 10.4. The second-order valence-corrected chi connectivity index (χ2v) is 5.63. The van der Waals surface area contributed by atoms with E-state index in [2.05, 4.69) is 30.5 Å². The van der Waals surface area contributed by atoms with Crippen molar-refractivity contribution in [3.8, 4) is 5.88 Å². The number of hydrogen-bond donors (Lipinski definition) is 2. The molecule has 0 spiro atoms. The first kappa shape index (κ1) is 17.9. The molecule has 138 valence electrons. The molecule has 1 aliphatic heterocycles. The van der Waals surface area contributed by atoms with E-state index in [0.717, 1.165) is 24.7 Å². The Kier molecular flexibility index (Phi) is 6.15. The summed E-state index contributed by atoms with van der Waals surface area (Å²) in [4.78, 5) is 26.8. The van der Waals surface area contributed by atoms with E-state index in [1.54, 1.807) is 18.3 Å². The maximum atomic E-state index is 12.1. The summed E-state index contributed by atoms with van der Waals surface area (Å²) in [5.41, 5.74) is 0.508. The van der Waals surface area contributed by atoms with Crippen LogP contribution in [0.2, 0.25) is 0 Å². The second kappa shape index (κ2) is 8.95. The molecule has 0 saturated carbocycles. The molecule has 2 aromatic heterocycles. The molecule has 1 fully saturated rings. The van der Waals surface area contributed by atoms with E-state index >= 15 is 0 Å². The van der Waals surface area contributed by atoms with Crippen molar-refractivity contribution in [2.45, 2.75) is 0 Å². The Labute approximate surface area is 151 Å². The molecule has 1 aliphatic rings. The molecule has 0 aliphatic carbocycles. The second-order valence-electron chi connectivity index (χ2n) is 5.63. The molecule has 0 unspecified atom stereocenters. The van der Waals surface area contributed by atoms with Gasteiger partial charge in [0.05, 0.1) is 20.3 Å². The van der Waals surface area contributed by atoms with Crippen LogP contribution in [0.3, 0.4) is 0 Å². The topological polar surface area (TPSA) is 102 Å². The van der Waals surface area contributed by atoms with Crippen molar-refractivity contribution in [1.29, 1.82) is 0 Å². The van der Waals surface area contributed by atoms with E-state index in [0.29, 0.717) is 37.7 Å². The van der Waals surface area contributed by atoms with Gasteiger partial charge in [0.1, 0.15) is 18.0 Å².